The Kier molecular flexibility index (Phi) is 4.63. The molecule has 29 heavy (non-hydrogen) atoms. The highest BCUT2D eigenvalue weighted by Crippen LogP contribution is 2.40. The quantitative estimate of drug-likeness (QED) is 0.830. The van der Waals surface area contributed by atoms with Gasteiger partial charge in [0.2, 0.25) is 5.91 Å². The lowest BCUT2D eigenvalue weighted by atomic mass is 9.99. The molecule has 2 aliphatic heterocycles. The van der Waals surface area contributed by atoms with E-state index in [1.54, 1.807) is 18.0 Å². The maximum Gasteiger partial charge on any atom is 0.416 e. The number of aryl methyl sites for hydroxylation is 1. The summed E-state index contributed by atoms with van der Waals surface area (Å²) in [4.78, 5) is 16.2. The second kappa shape index (κ2) is 6.89. The summed E-state index contributed by atoms with van der Waals surface area (Å²) in [5.74, 6) is 0.211. The number of fused-ring (bicyclic) bond motifs is 1. The Morgan fingerprint density at radius 2 is 1.93 bits per heavy atom. The van der Waals surface area contributed by atoms with Crippen LogP contribution in [0.1, 0.15) is 29.5 Å². The first-order chi connectivity index (χ1) is 13.7. The van der Waals surface area contributed by atoms with Gasteiger partial charge in [0.25, 0.3) is 0 Å². The number of phenolic OH excluding ortho intramolecular Hbond substituents is 1. The van der Waals surface area contributed by atoms with Crippen molar-refractivity contribution in [1.82, 2.24) is 15.1 Å². The summed E-state index contributed by atoms with van der Waals surface area (Å²) in [6.07, 6.45) is -2.20. The summed E-state index contributed by atoms with van der Waals surface area (Å²) in [6.45, 7) is 2.88. The van der Waals surface area contributed by atoms with Gasteiger partial charge in [0, 0.05) is 31.3 Å². The number of hydrogen-bond donors (Lipinski definition) is 1. The van der Waals surface area contributed by atoms with Gasteiger partial charge in [0.05, 0.1) is 11.3 Å². The smallest absolute Gasteiger partial charge is 0.416 e. The molecule has 3 heterocycles. The van der Waals surface area contributed by atoms with Gasteiger partial charge < -0.3 is 14.9 Å². The first kappa shape index (κ1) is 19.5. The summed E-state index contributed by atoms with van der Waals surface area (Å²) in [5, 5.41) is 18.7. The predicted molar refractivity (Wildman–Crippen MR) is 101 cm³/mol. The van der Waals surface area contributed by atoms with Crippen LogP contribution >= 0.6 is 0 Å². The van der Waals surface area contributed by atoms with Gasteiger partial charge in [-0.25, -0.2) is 0 Å². The van der Waals surface area contributed by atoms with Gasteiger partial charge in [-0.1, -0.05) is 0 Å². The minimum Gasteiger partial charge on any atom is -0.507 e. The highest BCUT2D eigenvalue weighted by molar-refractivity contribution is 5.86. The summed E-state index contributed by atoms with van der Waals surface area (Å²) in [5.41, 5.74) is 0.790. The lowest BCUT2D eigenvalue weighted by Crippen LogP contribution is -2.51. The maximum atomic E-state index is 13.0. The van der Waals surface area contributed by atoms with Crippen molar-refractivity contribution in [3.63, 3.8) is 0 Å². The zero-order valence-corrected chi connectivity index (χ0v) is 16.1. The molecule has 2 aromatic rings. The topological polar surface area (TPSA) is 69.6 Å². The maximum absolute atomic E-state index is 13.0. The number of aromatic nitrogens is 2. The van der Waals surface area contributed by atoms with E-state index in [2.05, 4.69) is 10.2 Å². The molecule has 2 aliphatic rings. The van der Waals surface area contributed by atoms with E-state index < -0.39 is 17.5 Å². The molecule has 1 amide bonds. The van der Waals surface area contributed by atoms with Crippen LogP contribution in [0.4, 0.5) is 19.0 Å². The molecule has 1 saturated heterocycles. The summed E-state index contributed by atoms with van der Waals surface area (Å²) >= 11 is 0. The molecule has 6 nitrogen and oxygen atoms in total. The molecule has 1 aromatic heterocycles. The van der Waals surface area contributed by atoms with Crippen LogP contribution in [0.5, 0.6) is 5.75 Å². The molecular formula is C20H21F3N4O2. The summed E-state index contributed by atoms with van der Waals surface area (Å²) in [7, 11) is 1.79. The fourth-order valence-corrected chi connectivity index (χ4v) is 4.19. The zero-order valence-electron chi connectivity index (χ0n) is 16.1. The molecule has 1 fully saturated rings. The van der Waals surface area contributed by atoms with Crippen LogP contribution in [0.3, 0.4) is 0 Å². The number of nitrogens with zero attached hydrogens (tertiary/aromatic N) is 4. The fraction of sp³-hybridized carbons (Fsp3) is 0.450. The van der Waals surface area contributed by atoms with Gasteiger partial charge >= 0.3 is 6.18 Å². The van der Waals surface area contributed by atoms with E-state index in [0.29, 0.717) is 30.5 Å². The second-order valence-electron chi connectivity index (χ2n) is 7.62. The molecule has 1 atom stereocenters. The molecule has 9 heteroatoms. The Balaban J connectivity index is 1.68. The van der Waals surface area contributed by atoms with Gasteiger partial charge in [-0.05, 0) is 49.9 Å². The number of benzene rings is 1. The first-order valence-corrected chi connectivity index (χ1v) is 9.46. The molecule has 0 saturated carbocycles. The number of amides is 1. The lowest BCUT2D eigenvalue weighted by Gasteiger charge is -2.35. The number of likely N-dealkylation sites (tertiary alicyclic amines) is 1. The average molecular weight is 406 g/mol. The first-order valence-electron chi connectivity index (χ1n) is 9.46. The Bertz CT molecular complexity index is 954. The SMILES string of the molecule is Cc1cc(C(F)(F)F)cc(O)c1-c1cc2c(nn1)N([C@H]1CCCN(C)C1=O)CC2. The van der Waals surface area contributed by atoms with Crippen LogP contribution in [-0.2, 0) is 17.4 Å². The van der Waals surface area contributed by atoms with Crippen LogP contribution in [0.2, 0.25) is 0 Å². The summed E-state index contributed by atoms with van der Waals surface area (Å²) in [6, 6.07) is 3.18. The lowest BCUT2D eigenvalue weighted by molar-refractivity contribution is -0.137. The largest absolute Gasteiger partial charge is 0.507 e. The van der Waals surface area contributed by atoms with E-state index in [-0.39, 0.29) is 23.1 Å². The number of anilines is 1. The Labute approximate surface area is 166 Å². The van der Waals surface area contributed by atoms with Crippen LogP contribution in [-0.4, -0.2) is 52.3 Å². The van der Waals surface area contributed by atoms with Crippen molar-refractivity contribution < 1.29 is 23.1 Å². The predicted octanol–water partition coefficient (Wildman–Crippen LogP) is 3.16. The van der Waals surface area contributed by atoms with Gasteiger partial charge in [-0.15, -0.1) is 10.2 Å². The van der Waals surface area contributed by atoms with E-state index in [1.807, 2.05) is 4.90 Å². The third kappa shape index (κ3) is 3.38. The van der Waals surface area contributed by atoms with Crippen LogP contribution in [0, 0.1) is 6.92 Å². The third-order valence-electron chi connectivity index (χ3n) is 5.65. The Morgan fingerprint density at radius 3 is 2.62 bits per heavy atom. The number of hydrogen-bond acceptors (Lipinski definition) is 5. The molecule has 1 aromatic carbocycles. The number of halogens is 3. The standard InChI is InChI=1S/C20H21F3N4O2/c1-11-8-13(20(21,22)23)10-16(28)17(11)14-9-12-5-7-27(18(12)25-24-14)15-4-3-6-26(2)19(15)29/h8-10,15,28H,3-7H2,1-2H3/t15-/m0/s1. The van der Waals surface area contributed by atoms with Crippen molar-refractivity contribution in [3.8, 4) is 17.0 Å². The van der Waals surface area contributed by atoms with Crippen LogP contribution in [0.25, 0.3) is 11.3 Å². The molecule has 4 rings (SSSR count). The number of carbonyl (C=O) groups excluding carboxylic acids is 1. The molecule has 0 unspecified atom stereocenters. The van der Waals surface area contributed by atoms with Crippen LogP contribution < -0.4 is 4.90 Å². The van der Waals surface area contributed by atoms with Gasteiger partial charge in [-0.3, -0.25) is 4.79 Å². The number of rotatable bonds is 2. The van der Waals surface area contributed by atoms with E-state index >= 15 is 0 Å². The second-order valence-corrected chi connectivity index (χ2v) is 7.62. The number of carbonyl (C=O) groups is 1. The molecule has 0 bridgehead atoms. The monoisotopic (exact) mass is 406 g/mol. The third-order valence-corrected chi connectivity index (χ3v) is 5.65. The Hall–Kier alpha value is -2.84. The number of likely N-dealkylation sites (N-methyl/N-ethyl adjacent to an activating group) is 1. The van der Waals surface area contributed by atoms with E-state index in [9.17, 15) is 23.1 Å². The Morgan fingerprint density at radius 1 is 1.17 bits per heavy atom. The van der Waals surface area contributed by atoms with Crippen molar-refractivity contribution in [1.29, 1.82) is 0 Å². The van der Waals surface area contributed by atoms with Gasteiger partial charge in [0.15, 0.2) is 5.82 Å². The number of piperidine rings is 1. The minimum atomic E-state index is -4.54. The molecule has 0 aliphatic carbocycles. The fourth-order valence-electron chi connectivity index (χ4n) is 4.19. The van der Waals surface area contributed by atoms with Crippen molar-refractivity contribution >= 4 is 11.7 Å². The van der Waals surface area contributed by atoms with Crippen LogP contribution in [0.15, 0.2) is 18.2 Å². The van der Waals surface area contributed by atoms with Crippen molar-refractivity contribution in [3.05, 3.63) is 34.9 Å². The minimum absolute atomic E-state index is 0.0613. The normalized spacial score (nSPS) is 19.6. The van der Waals surface area contributed by atoms with Crippen molar-refractivity contribution in [2.75, 3.05) is 25.0 Å². The molecule has 0 spiro atoms. The molecular weight excluding hydrogens is 385 g/mol. The highest BCUT2D eigenvalue weighted by Gasteiger charge is 2.36. The van der Waals surface area contributed by atoms with E-state index in [4.69, 9.17) is 0 Å². The van der Waals surface area contributed by atoms with Crippen molar-refractivity contribution in [2.24, 2.45) is 0 Å². The summed E-state index contributed by atoms with van der Waals surface area (Å²) < 4.78 is 38.9. The molecule has 154 valence electrons. The van der Waals surface area contributed by atoms with E-state index in [0.717, 1.165) is 31.0 Å². The zero-order chi connectivity index (χ0) is 20.9. The number of alkyl halides is 3. The average Bonchev–Trinajstić information content (AvgIpc) is 3.06. The number of phenols is 1. The van der Waals surface area contributed by atoms with Gasteiger partial charge in [-0.2, -0.15) is 13.2 Å². The van der Waals surface area contributed by atoms with Crippen molar-refractivity contribution in [2.45, 2.75) is 38.4 Å². The number of aromatic hydroxyl groups is 1. The molecule has 0 radical (unpaired) electrons. The highest BCUT2D eigenvalue weighted by atomic mass is 19.4. The van der Waals surface area contributed by atoms with E-state index in [1.165, 1.54) is 6.92 Å². The van der Waals surface area contributed by atoms with Gasteiger partial charge in [0.1, 0.15) is 11.8 Å². The molecule has 1 N–H and O–H groups in total.